The Labute approximate surface area is 85.3 Å². The molecule has 1 aliphatic carbocycles. The van der Waals surface area contributed by atoms with E-state index in [2.05, 4.69) is 5.32 Å². The molecular formula is C10H20N2O2. The van der Waals surface area contributed by atoms with Gasteiger partial charge in [-0.15, -0.1) is 0 Å². The average molecular weight is 200 g/mol. The van der Waals surface area contributed by atoms with Crippen LogP contribution in [0.15, 0.2) is 0 Å². The molecule has 14 heavy (non-hydrogen) atoms. The molecule has 0 aromatic rings. The summed E-state index contributed by atoms with van der Waals surface area (Å²) < 4.78 is 0. The minimum atomic E-state index is -0.0476. The molecule has 0 aromatic carbocycles. The Hall–Kier alpha value is -0.770. The zero-order chi connectivity index (χ0) is 10.6. The largest absolute Gasteiger partial charge is 0.396 e. The van der Waals surface area contributed by atoms with Gasteiger partial charge in [-0.1, -0.05) is 6.42 Å². The van der Waals surface area contributed by atoms with Crippen molar-refractivity contribution in [2.24, 2.45) is 11.8 Å². The first-order chi connectivity index (χ1) is 6.65. The lowest BCUT2D eigenvalue weighted by atomic mass is 9.97. The Balaban J connectivity index is 2.27. The summed E-state index contributed by atoms with van der Waals surface area (Å²) in [5, 5.41) is 12.0. The van der Waals surface area contributed by atoms with E-state index < -0.39 is 0 Å². The highest BCUT2D eigenvalue weighted by Crippen LogP contribution is 2.30. The molecule has 1 rings (SSSR count). The predicted molar refractivity (Wildman–Crippen MR) is 55.0 cm³/mol. The highest BCUT2D eigenvalue weighted by molar-refractivity contribution is 5.73. The molecule has 2 N–H and O–H groups in total. The Bertz CT molecular complexity index is 195. The standard InChI is InChI=1S/C10H20N2O2/c1-12(2)10(14)11-6-8-4-3-5-9(8)7-13/h8-9,13H,3-7H2,1-2H3,(H,11,14). The molecule has 1 fully saturated rings. The van der Waals surface area contributed by atoms with Gasteiger partial charge in [0.2, 0.25) is 0 Å². The molecule has 4 heteroatoms. The summed E-state index contributed by atoms with van der Waals surface area (Å²) in [7, 11) is 3.46. The molecule has 82 valence electrons. The Morgan fingerprint density at radius 3 is 2.64 bits per heavy atom. The molecule has 1 saturated carbocycles. The van der Waals surface area contributed by atoms with Crippen LogP contribution in [0.25, 0.3) is 0 Å². The van der Waals surface area contributed by atoms with Gasteiger partial charge in [0.1, 0.15) is 0 Å². The number of carbonyl (C=O) groups is 1. The Morgan fingerprint density at radius 2 is 2.07 bits per heavy atom. The molecule has 0 saturated heterocycles. The van der Waals surface area contributed by atoms with Gasteiger partial charge in [0.15, 0.2) is 0 Å². The van der Waals surface area contributed by atoms with Crippen LogP contribution >= 0.6 is 0 Å². The fourth-order valence-corrected chi connectivity index (χ4v) is 2.00. The fourth-order valence-electron chi connectivity index (χ4n) is 2.00. The maximum atomic E-state index is 11.2. The Morgan fingerprint density at radius 1 is 1.43 bits per heavy atom. The number of aliphatic hydroxyl groups is 1. The Kier molecular flexibility index (Phi) is 4.20. The van der Waals surface area contributed by atoms with Crippen LogP contribution in [0.5, 0.6) is 0 Å². The van der Waals surface area contributed by atoms with E-state index in [0.29, 0.717) is 18.4 Å². The molecule has 0 aromatic heterocycles. The fraction of sp³-hybridized carbons (Fsp3) is 0.900. The van der Waals surface area contributed by atoms with E-state index in [1.54, 1.807) is 14.1 Å². The van der Waals surface area contributed by atoms with Gasteiger partial charge in [-0.05, 0) is 24.7 Å². The van der Waals surface area contributed by atoms with Crippen LogP contribution in [0.3, 0.4) is 0 Å². The van der Waals surface area contributed by atoms with Gasteiger partial charge in [-0.3, -0.25) is 0 Å². The first kappa shape index (κ1) is 11.3. The van der Waals surface area contributed by atoms with E-state index in [1.165, 1.54) is 11.3 Å². The summed E-state index contributed by atoms with van der Waals surface area (Å²) in [6.45, 7) is 0.949. The molecular weight excluding hydrogens is 180 g/mol. The SMILES string of the molecule is CN(C)C(=O)NCC1CCCC1CO. The van der Waals surface area contributed by atoms with Gasteiger partial charge in [0.25, 0.3) is 0 Å². The van der Waals surface area contributed by atoms with Crippen LogP contribution in [-0.2, 0) is 0 Å². The second-order valence-corrected chi connectivity index (χ2v) is 4.21. The first-order valence-electron chi connectivity index (χ1n) is 5.21. The van der Waals surface area contributed by atoms with Crippen LogP contribution < -0.4 is 5.32 Å². The molecule has 1 aliphatic rings. The molecule has 2 atom stereocenters. The van der Waals surface area contributed by atoms with Crippen LogP contribution in [-0.4, -0.2) is 43.3 Å². The monoisotopic (exact) mass is 200 g/mol. The van der Waals surface area contributed by atoms with Crippen molar-refractivity contribution in [3.8, 4) is 0 Å². The number of amides is 2. The lowest BCUT2D eigenvalue weighted by Gasteiger charge is -2.19. The lowest BCUT2D eigenvalue weighted by molar-refractivity contribution is 0.186. The normalized spacial score (nSPS) is 26.2. The van der Waals surface area contributed by atoms with Gasteiger partial charge >= 0.3 is 6.03 Å². The summed E-state index contributed by atoms with van der Waals surface area (Å²) >= 11 is 0. The minimum absolute atomic E-state index is 0.0476. The highest BCUT2D eigenvalue weighted by Gasteiger charge is 2.26. The number of nitrogens with one attached hydrogen (secondary N) is 1. The van der Waals surface area contributed by atoms with Gasteiger partial charge in [-0.25, -0.2) is 4.79 Å². The third kappa shape index (κ3) is 2.87. The van der Waals surface area contributed by atoms with Crippen molar-refractivity contribution >= 4 is 6.03 Å². The van der Waals surface area contributed by atoms with Gasteiger partial charge in [0, 0.05) is 27.2 Å². The number of aliphatic hydroxyl groups excluding tert-OH is 1. The summed E-state index contributed by atoms with van der Waals surface area (Å²) in [5.41, 5.74) is 0. The van der Waals surface area contributed by atoms with Gasteiger partial charge in [-0.2, -0.15) is 0 Å². The van der Waals surface area contributed by atoms with Gasteiger partial charge < -0.3 is 15.3 Å². The third-order valence-electron chi connectivity index (χ3n) is 2.97. The van der Waals surface area contributed by atoms with Crippen molar-refractivity contribution in [2.75, 3.05) is 27.2 Å². The number of urea groups is 1. The second-order valence-electron chi connectivity index (χ2n) is 4.21. The van der Waals surface area contributed by atoms with Crippen molar-refractivity contribution in [2.45, 2.75) is 19.3 Å². The number of carbonyl (C=O) groups excluding carboxylic acids is 1. The second kappa shape index (κ2) is 5.20. The molecule has 2 amide bonds. The summed E-state index contributed by atoms with van der Waals surface area (Å²) in [5.74, 6) is 0.848. The summed E-state index contributed by atoms with van der Waals surface area (Å²) in [4.78, 5) is 12.8. The third-order valence-corrected chi connectivity index (χ3v) is 2.97. The summed E-state index contributed by atoms with van der Waals surface area (Å²) in [6.07, 6.45) is 3.39. The van der Waals surface area contributed by atoms with Crippen molar-refractivity contribution in [3.63, 3.8) is 0 Å². The minimum Gasteiger partial charge on any atom is -0.396 e. The van der Waals surface area contributed by atoms with Crippen molar-refractivity contribution in [1.82, 2.24) is 10.2 Å². The number of nitrogens with zero attached hydrogens (tertiary/aromatic N) is 1. The van der Waals surface area contributed by atoms with E-state index >= 15 is 0 Å². The smallest absolute Gasteiger partial charge is 0.316 e. The van der Waals surface area contributed by atoms with Crippen LogP contribution in [0, 0.1) is 11.8 Å². The molecule has 0 spiro atoms. The predicted octanol–water partition coefficient (Wildman–Crippen LogP) is 0.666. The van der Waals surface area contributed by atoms with Crippen LogP contribution in [0.2, 0.25) is 0 Å². The molecule has 0 aliphatic heterocycles. The number of hydrogen-bond acceptors (Lipinski definition) is 2. The van der Waals surface area contributed by atoms with E-state index in [0.717, 1.165) is 12.8 Å². The maximum Gasteiger partial charge on any atom is 0.316 e. The van der Waals surface area contributed by atoms with Gasteiger partial charge in [0.05, 0.1) is 0 Å². The van der Waals surface area contributed by atoms with E-state index in [4.69, 9.17) is 5.11 Å². The van der Waals surface area contributed by atoms with Crippen LogP contribution in [0.4, 0.5) is 4.79 Å². The molecule has 0 heterocycles. The molecule has 4 nitrogen and oxygen atoms in total. The quantitative estimate of drug-likeness (QED) is 0.703. The zero-order valence-corrected chi connectivity index (χ0v) is 8.99. The van der Waals surface area contributed by atoms with Crippen LogP contribution in [0.1, 0.15) is 19.3 Å². The highest BCUT2D eigenvalue weighted by atomic mass is 16.3. The molecule has 0 radical (unpaired) electrons. The van der Waals surface area contributed by atoms with E-state index in [1.807, 2.05) is 0 Å². The first-order valence-corrected chi connectivity index (χ1v) is 5.21. The van der Waals surface area contributed by atoms with Crippen molar-refractivity contribution in [3.05, 3.63) is 0 Å². The summed E-state index contributed by atoms with van der Waals surface area (Å²) in [6, 6.07) is -0.0476. The van der Waals surface area contributed by atoms with E-state index in [9.17, 15) is 4.79 Å². The molecule has 2 unspecified atom stereocenters. The zero-order valence-electron chi connectivity index (χ0n) is 8.99. The van der Waals surface area contributed by atoms with E-state index in [-0.39, 0.29) is 12.6 Å². The molecule has 0 bridgehead atoms. The number of hydrogen-bond donors (Lipinski definition) is 2. The average Bonchev–Trinajstić information content (AvgIpc) is 2.60. The topological polar surface area (TPSA) is 52.6 Å². The van der Waals surface area contributed by atoms with Crippen molar-refractivity contribution < 1.29 is 9.90 Å². The lowest BCUT2D eigenvalue weighted by Crippen LogP contribution is -2.38. The van der Waals surface area contributed by atoms with Crippen molar-refractivity contribution in [1.29, 1.82) is 0 Å². The maximum absolute atomic E-state index is 11.2. The number of rotatable bonds is 3.